The second-order valence-electron chi connectivity index (χ2n) is 6.52. The van der Waals surface area contributed by atoms with Gasteiger partial charge in [-0.05, 0) is 38.5 Å². The van der Waals surface area contributed by atoms with Gasteiger partial charge in [0.15, 0.2) is 0 Å². The molecule has 3 rings (SSSR count). The molecule has 0 unspecified atom stereocenters. The number of nitrogens with zero attached hydrogens (tertiary/aromatic N) is 3. The van der Waals surface area contributed by atoms with E-state index in [1.54, 1.807) is 6.07 Å². The average molecular weight is 341 g/mol. The van der Waals surface area contributed by atoms with E-state index in [0.717, 1.165) is 11.3 Å². The number of hydrogen-bond acceptors (Lipinski definition) is 4. The molecule has 0 aliphatic carbocycles. The third-order valence-corrected chi connectivity index (χ3v) is 4.16. The summed E-state index contributed by atoms with van der Waals surface area (Å²) in [6.07, 6.45) is 3.78. The van der Waals surface area contributed by atoms with Crippen molar-refractivity contribution in [3.05, 3.63) is 42.2 Å². The summed E-state index contributed by atoms with van der Waals surface area (Å²) >= 11 is 0. The summed E-state index contributed by atoms with van der Waals surface area (Å²) in [5.41, 5.74) is 2.50. The van der Waals surface area contributed by atoms with Crippen molar-refractivity contribution in [3.63, 3.8) is 0 Å². The number of nitrogens with one attached hydrogen (secondary N) is 2. The molecule has 0 bridgehead atoms. The highest BCUT2D eigenvalue weighted by Crippen LogP contribution is 2.29. The molecular weight excluding hydrogens is 318 g/mol. The Morgan fingerprint density at radius 3 is 2.84 bits per heavy atom. The van der Waals surface area contributed by atoms with Gasteiger partial charge in [-0.25, -0.2) is 0 Å². The minimum atomic E-state index is -0.411. The van der Waals surface area contributed by atoms with Crippen molar-refractivity contribution in [1.29, 1.82) is 0 Å². The van der Waals surface area contributed by atoms with E-state index in [0.29, 0.717) is 12.2 Å². The lowest BCUT2D eigenvalue weighted by molar-refractivity contribution is -0.123. The molecule has 1 aliphatic heterocycles. The molecule has 1 aliphatic rings. The monoisotopic (exact) mass is 341 g/mol. The van der Waals surface area contributed by atoms with Crippen LogP contribution in [0.5, 0.6) is 0 Å². The van der Waals surface area contributed by atoms with Gasteiger partial charge in [0.25, 0.3) is 0 Å². The fourth-order valence-corrected chi connectivity index (χ4v) is 3.06. The fraction of sp³-hybridized carbons (Fsp3) is 0.389. The Morgan fingerprint density at radius 2 is 2.12 bits per heavy atom. The van der Waals surface area contributed by atoms with Gasteiger partial charge in [-0.1, -0.05) is 12.1 Å². The molecule has 0 radical (unpaired) electrons. The Hall–Kier alpha value is -2.67. The molecule has 1 aromatic carbocycles. The second kappa shape index (κ2) is 7.06. The number of benzene rings is 1. The molecule has 2 atom stereocenters. The molecule has 0 spiro atoms. The van der Waals surface area contributed by atoms with Crippen LogP contribution in [0.3, 0.4) is 0 Å². The summed E-state index contributed by atoms with van der Waals surface area (Å²) in [5, 5.41) is 10.4. The van der Waals surface area contributed by atoms with Crippen LogP contribution in [-0.4, -0.2) is 40.2 Å². The van der Waals surface area contributed by atoms with Gasteiger partial charge in [0.1, 0.15) is 6.54 Å². The third-order valence-electron chi connectivity index (χ3n) is 4.16. The van der Waals surface area contributed by atoms with E-state index < -0.39 is 6.04 Å². The predicted octanol–water partition coefficient (Wildman–Crippen LogP) is 1.54. The number of carbonyl (C=O) groups excluding carboxylic acids is 2. The Labute approximate surface area is 147 Å². The lowest BCUT2D eigenvalue weighted by Gasteiger charge is -2.32. The van der Waals surface area contributed by atoms with Crippen LogP contribution in [0, 0.1) is 6.92 Å². The average Bonchev–Trinajstić information content (AvgIpc) is 2.97. The molecule has 2 N–H and O–H groups in total. The van der Waals surface area contributed by atoms with Crippen LogP contribution >= 0.6 is 0 Å². The Morgan fingerprint density at radius 1 is 1.36 bits per heavy atom. The summed E-state index contributed by atoms with van der Waals surface area (Å²) < 4.78 is 1.85. The molecule has 0 saturated carbocycles. The van der Waals surface area contributed by atoms with Crippen molar-refractivity contribution in [3.8, 4) is 0 Å². The minimum Gasteiger partial charge on any atom is -0.323 e. The summed E-state index contributed by atoms with van der Waals surface area (Å²) in [5.74, 6) is -0.301. The van der Waals surface area contributed by atoms with Gasteiger partial charge in [-0.2, -0.15) is 5.10 Å². The molecule has 25 heavy (non-hydrogen) atoms. The van der Waals surface area contributed by atoms with Crippen LogP contribution in [-0.2, 0) is 16.1 Å². The molecular formula is C18H23N5O2. The van der Waals surface area contributed by atoms with Crippen LogP contribution < -0.4 is 15.5 Å². The van der Waals surface area contributed by atoms with Gasteiger partial charge in [-0.3, -0.25) is 19.2 Å². The smallest absolute Gasteiger partial charge is 0.244 e. The van der Waals surface area contributed by atoms with Crippen LogP contribution in [0.15, 0.2) is 36.7 Å². The first-order valence-electron chi connectivity index (χ1n) is 8.39. The largest absolute Gasteiger partial charge is 0.323 e. The Balaban J connectivity index is 1.67. The number of para-hydroxylation sites is 2. The van der Waals surface area contributed by atoms with Gasteiger partial charge in [0.2, 0.25) is 11.8 Å². The number of fused-ring (bicyclic) bond motifs is 1. The number of carbonyl (C=O) groups is 2. The Bertz CT molecular complexity index is 785. The first-order valence-corrected chi connectivity index (χ1v) is 8.39. The van der Waals surface area contributed by atoms with Gasteiger partial charge >= 0.3 is 0 Å². The van der Waals surface area contributed by atoms with E-state index in [9.17, 15) is 9.59 Å². The van der Waals surface area contributed by atoms with Crippen molar-refractivity contribution in [2.45, 2.75) is 39.4 Å². The number of anilines is 2. The van der Waals surface area contributed by atoms with Crippen molar-refractivity contribution in [2.75, 3.05) is 16.8 Å². The lowest BCUT2D eigenvalue weighted by atomic mass is 10.1. The first-order chi connectivity index (χ1) is 11.9. The van der Waals surface area contributed by atoms with Gasteiger partial charge in [0, 0.05) is 12.2 Å². The topological polar surface area (TPSA) is 79.3 Å². The van der Waals surface area contributed by atoms with Gasteiger partial charge < -0.3 is 10.6 Å². The fourth-order valence-electron chi connectivity index (χ4n) is 3.06. The lowest BCUT2D eigenvalue weighted by Crippen LogP contribution is -2.52. The second-order valence-corrected chi connectivity index (χ2v) is 6.52. The summed E-state index contributed by atoms with van der Waals surface area (Å²) in [4.78, 5) is 26.3. The van der Waals surface area contributed by atoms with Crippen LogP contribution in [0.4, 0.5) is 11.4 Å². The standard InChI is InChI=1S/C18H23N5O2/c1-12-8-19-22(9-12)10-13(2)20-14(3)18(25)23-11-17(24)21-15-6-4-5-7-16(15)23/h4-9,13-14,20H,10-11H2,1-3H3,(H,21,24)/t13-,14+/m1/s1. The van der Waals surface area contributed by atoms with E-state index in [-0.39, 0.29) is 24.4 Å². The van der Waals surface area contributed by atoms with E-state index >= 15 is 0 Å². The number of aromatic nitrogens is 2. The number of aryl methyl sites for hydroxylation is 1. The molecule has 2 amide bonds. The zero-order chi connectivity index (χ0) is 18.0. The molecule has 0 fully saturated rings. The SMILES string of the molecule is Cc1cnn(C[C@@H](C)N[C@@H](C)C(=O)N2CC(=O)Nc3ccccc32)c1. The van der Waals surface area contributed by atoms with Crippen molar-refractivity contribution >= 4 is 23.2 Å². The third kappa shape index (κ3) is 3.88. The zero-order valence-corrected chi connectivity index (χ0v) is 14.7. The zero-order valence-electron chi connectivity index (χ0n) is 14.7. The van der Waals surface area contributed by atoms with Crippen molar-refractivity contribution < 1.29 is 9.59 Å². The van der Waals surface area contributed by atoms with Gasteiger partial charge in [0.05, 0.1) is 30.2 Å². The molecule has 0 saturated heterocycles. The predicted molar refractivity (Wildman–Crippen MR) is 96.4 cm³/mol. The number of rotatable bonds is 5. The maximum absolute atomic E-state index is 12.9. The molecule has 1 aromatic heterocycles. The normalized spacial score (nSPS) is 16.1. The van der Waals surface area contributed by atoms with Crippen molar-refractivity contribution in [1.82, 2.24) is 15.1 Å². The van der Waals surface area contributed by atoms with E-state index in [1.165, 1.54) is 4.90 Å². The minimum absolute atomic E-state index is 0.0363. The quantitative estimate of drug-likeness (QED) is 0.865. The highest BCUT2D eigenvalue weighted by atomic mass is 16.2. The van der Waals surface area contributed by atoms with Crippen LogP contribution in [0.2, 0.25) is 0 Å². The first kappa shape index (κ1) is 17.2. The van der Waals surface area contributed by atoms with E-state index in [1.807, 2.05) is 56.0 Å². The Kier molecular flexibility index (Phi) is 4.85. The molecule has 2 aromatic rings. The van der Waals surface area contributed by atoms with E-state index in [4.69, 9.17) is 0 Å². The maximum atomic E-state index is 12.9. The highest BCUT2D eigenvalue weighted by molar-refractivity contribution is 6.11. The maximum Gasteiger partial charge on any atom is 0.244 e. The van der Waals surface area contributed by atoms with Crippen LogP contribution in [0.1, 0.15) is 19.4 Å². The number of hydrogen-bond donors (Lipinski definition) is 2. The van der Waals surface area contributed by atoms with Crippen molar-refractivity contribution in [2.24, 2.45) is 0 Å². The number of amides is 2. The van der Waals surface area contributed by atoms with Crippen LogP contribution in [0.25, 0.3) is 0 Å². The summed E-state index contributed by atoms with van der Waals surface area (Å²) in [7, 11) is 0. The highest BCUT2D eigenvalue weighted by Gasteiger charge is 2.29. The molecule has 7 heteroatoms. The van der Waals surface area contributed by atoms with E-state index in [2.05, 4.69) is 15.7 Å². The molecule has 132 valence electrons. The summed E-state index contributed by atoms with van der Waals surface area (Å²) in [6.45, 7) is 6.53. The molecule has 7 nitrogen and oxygen atoms in total. The molecule has 2 heterocycles. The summed E-state index contributed by atoms with van der Waals surface area (Å²) in [6, 6.07) is 6.99. The van der Waals surface area contributed by atoms with Gasteiger partial charge in [-0.15, -0.1) is 0 Å².